The topological polar surface area (TPSA) is 78.5 Å². The Morgan fingerprint density at radius 2 is 1.97 bits per heavy atom. The van der Waals surface area contributed by atoms with Gasteiger partial charge in [-0.1, -0.05) is 26.0 Å². The van der Waals surface area contributed by atoms with Crippen LogP contribution in [0, 0.1) is 11.8 Å². The molecule has 1 aromatic rings. The van der Waals surface area contributed by atoms with Crippen LogP contribution in [-0.4, -0.2) is 46.7 Å². The Labute approximate surface area is 176 Å². The minimum atomic E-state index is -1.16. The zero-order valence-corrected chi connectivity index (χ0v) is 18.3. The molecule has 6 nitrogen and oxygen atoms in total. The maximum Gasteiger partial charge on any atom is 0.250 e. The van der Waals surface area contributed by atoms with Crippen molar-refractivity contribution in [2.45, 2.75) is 57.7 Å². The molecule has 2 saturated heterocycles. The highest BCUT2D eigenvalue weighted by atomic mass is 32.2. The first kappa shape index (κ1) is 20.4. The Morgan fingerprint density at radius 3 is 2.62 bits per heavy atom. The standard InChI is InChI=1S/C22H29N3O3S/c1-5-12(3)25-19(26)17-16(9-10-29-4)24-22(18(17)20(25)27)14-11-13(6-2)7-8-15(14)23-21(22)28/h7-8,11-12,16-18,24H,5-6,9-10H2,1-4H3,(H,23,28). The first-order valence-electron chi connectivity index (χ1n) is 10.5. The number of imide groups is 1. The van der Waals surface area contributed by atoms with E-state index in [0.717, 1.165) is 35.4 Å². The quantitative estimate of drug-likeness (QED) is 0.698. The van der Waals surface area contributed by atoms with Gasteiger partial charge in [0.1, 0.15) is 5.54 Å². The number of anilines is 1. The van der Waals surface area contributed by atoms with E-state index >= 15 is 0 Å². The van der Waals surface area contributed by atoms with Gasteiger partial charge in [-0.05, 0) is 49.8 Å². The highest BCUT2D eigenvalue weighted by Gasteiger charge is 2.70. The number of carbonyl (C=O) groups is 3. The van der Waals surface area contributed by atoms with E-state index in [1.807, 2.05) is 38.3 Å². The third kappa shape index (κ3) is 2.77. The van der Waals surface area contributed by atoms with E-state index < -0.39 is 17.4 Å². The van der Waals surface area contributed by atoms with Crippen LogP contribution in [0.4, 0.5) is 5.69 Å². The number of benzene rings is 1. The van der Waals surface area contributed by atoms with Gasteiger partial charge in [-0.25, -0.2) is 0 Å². The van der Waals surface area contributed by atoms with Crippen molar-refractivity contribution in [3.63, 3.8) is 0 Å². The number of aryl methyl sites for hydroxylation is 1. The molecule has 29 heavy (non-hydrogen) atoms. The lowest BCUT2D eigenvalue weighted by molar-refractivity contribution is -0.145. The number of hydrogen-bond donors (Lipinski definition) is 2. The Bertz CT molecular complexity index is 873. The van der Waals surface area contributed by atoms with E-state index in [1.54, 1.807) is 11.8 Å². The summed E-state index contributed by atoms with van der Waals surface area (Å²) in [6, 6.07) is 5.59. The van der Waals surface area contributed by atoms with Gasteiger partial charge in [0.2, 0.25) is 17.7 Å². The van der Waals surface area contributed by atoms with Crippen LogP contribution >= 0.6 is 11.8 Å². The molecular weight excluding hydrogens is 386 g/mol. The Balaban J connectivity index is 1.86. The van der Waals surface area contributed by atoms with Gasteiger partial charge in [-0.15, -0.1) is 0 Å². The number of nitrogens with zero attached hydrogens (tertiary/aromatic N) is 1. The monoisotopic (exact) mass is 415 g/mol. The number of nitrogens with one attached hydrogen (secondary N) is 2. The largest absolute Gasteiger partial charge is 0.324 e. The zero-order valence-electron chi connectivity index (χ0n) is 17.5. The predicted octanol–water partition coefficient (Wildman–Crippen LogP) is 2.52. The van der Waals surface area contributed by atoms with E-state index in [1.165, 1.54) is 4.90 Å². The Morgan fingerprint density at radius 1 is 1.21 bits per heavy atom. The molecule has 3 aliphatic heterocycles. The molecule has 3 aliphatic rings. The molecule has 0 saturated carbocycles. The van der Waals surface area contributed by atoms with E-state index in [9.17, 15) is 14.4 Å². The first-order chi connectivity index (χ1) is 13.9. The number of amides is 3. The summed E-state index contributed by atoms with van der Waals surface area (Å²) in [4.78, 5) is 41.7. The van der Waals surface area contributed by atoms with Gasteiger partial charge >= 0.3 is 0 Å². The summed E-state index contributed by atoms with van der Waals surface area (Å²) < 4.78 is 0. The van der Waals surface area contributed by atoms with E-state index in [2.05, 4.69) is 17.6 Å². The van der Waals surface area contributed by atoms with Crippen molar-refractivity contribution in [1.29, 1.82) is 0 Å². The molecule has 4 rings (SSSR count). The molecule has 0 bridgehead atoms. The molecule has 0 aliphatic carbocycles. The summed E-state index contributed by atoms with van der Waals surface area (Å²) >= 11 is 1.71. The smallest absolute Gasteiger partial charge is 0.250 e. The fourth-order valence-electron chi connectivity index (χ4n) is 5.20. The third-order valence-electron chi connectivity index (χ3n) is 6.89. The number of likely N-dealkylation sites (tertiary alicyclic amines) is 1. The average Bonchev–Trinajstić information content (AvgIpc) is 3.30. The maximum absolute atomic E-state index is 13.6. The molecular formula is C22H29N3O3S. The number of thioether (sulfide) groups is 1. The number of hydrogen-bond acceptors (Lipinski definition) is 5. The van der Waals surface area contributed by atoms with Crippen molar-refractivity contribution in [2.75, 3.05) is 17.3 Å². The van der Waals surface area contributed by atoms with Crippen LogP contribution in [0.15, 0.2) is 18.2 Å². The fourth-order valence-corrected chi connectivity index (χ4v) is 5.69. The van der Waals surface area contributed by atoms with Crippen molar-refractivity contribution < 1.29 is 14.4 Å². The van der Waals surface area contributed by atoms with Crippen LogP contribution in [-0.2, 0) is 26.3 Å². The summed E-state index contributed by atoms with van der Waals surface area (Å²) in [5.41, 5.74) is 1.51. The number of rotatable bonds is 6. The summed E-state index contributed by atoms with van der Waals surface area (Å²) in [5.74, 6) is -0.869. The highest BCUT2D eigenvalue weighted by Crippen LogP contribution is 2.54. The lowest BCUT2D eigenvalue weighted by Crippen LogP contribution is -2.54. The minimum Gasteiger partial charge on any atom is -0.324 e. The van der Waals surface area contributed by atoms with Gasteiger partial charge in [0.15, 0.2) is 0 Å². The molecule has 7 heteroatoms. The predicted molar refractivity (Wildman–Crippen MR) is 115 cm³/mol. The summed E-state index contributed by atoms with van der Waals surface area (Å²) in [5, 5.41) is 6.48. The van der Waals surface area contributed by atoms with Gasteiger partial charge in [0.25, 0.3) is 0 Å². The zero-order chi connectivity index (χ0) is 20.9. The summed E-state index contributed by atoms with van der Waals surface area (Å²) in [7, 11) is 0. The molecule has 2 fully saturated rings. The Kier molecular flexibility index (Phi) is 5.23. The second-order valence-electron chi connectivity index (χ2n) is 8.34. The molecule has 5 atom stereocenters. The van der Waals surface area contributed by atoms with Crippen LogP contribution in [0.5, 0.6) is 0 Å². The van der Waals surface area contributed by atoms with Crippen LogP contribution in [0.3, 0.4) is 0 Å². The molecule has 156 valence electrons. The molecule has 0 radical (unpaired) electrons. The Hall–Kier alpha value is -1.86. The molecule has 2 N–H and O–H groups in total. The van der Waals surface area contributed by atoms with Crippen molar-refractivity contribution in [3.05, 3.63) is 29.3 Å². The molecule has 3 heterocycles. The summed E-state index contributed by atoms with van der Waals surface area (Å²) in [6.45, 7) is 5.95. The second kappa shape index (κ2) is 7.43. The number of fused-ring (bicyclic) bond motifs is 4. The van der Waals surface area contributed by atoms with E-state index in [4.69, 9.17) is 0 Å². The van der Waals surface area contributed by atoms with Crippen LogP contribution < -0.4 is 10.6 Å². The van der Waals surface area contributed by atoms with Crippen molar-refractivity contribution in [1.82, 2.24) is 10.2 Å². The van der Waals surface area contributed by atoms with E-state index in [-0.39, 0.29) is 29.8 Å². The molecule has 5 unspecified atom stereocenters. The highest BCUT2D eigenvalue weighted by molar-refractivity contribution is 7.98. The number of carbonyl (C=O) groups excluding carboxylic acids is 3. The molecule has 3 amide bonds. The van der Waals surface area contributed by atoms with Crippen LogP contribution in [0.25, 0.3) is 0 Å². The average molecular weight is 416 g/mol. The van der Waals surface area contributed by atoms with E-state index in [0.29, 0.717) is 6.42 Å². The lowest BCUT2D eigenvalue weighted by Gasteiger charge is -2.31. The van der Waals surface area contributed by atoms with Gasteiger partial charge in [-0.2, -0.15) is 11.8 Å². The lowest BCUT2D eigenvalue weighted by atomic mass is 9.76. The first-order valence-corrected chi connectivity index (χ1v) is 11.9. The van der Waals surface area contributed by atoms with Crippen molar-refractivity contribution in [3.8, 4) is 0 Å². The SMILES string of the molecule is CCc1ccc2c(c1)C1(NC(CCSC)C3C(=O)N(C(C)CC)C(=O)C31)C(=O)N2. The van der Waals surface area contributed by atoms with Crippen molar-refractivity contribution >= 4 is 35.2 Å². The van der Waals surface area contributed by atoms with Gasteiger partial charge in [-0.3, -0.25) is 24.6 Å². The maximum atomic E-state index is 13.6. The molecule has 0 aromatic heterocycles. The van der Waals surface area contributed by atoms with Gasteiger partial charge in [0.05, 0.1) is 11.8 Å². The third-order valence-corrected chi connectivity index (χ3v) is 7.53. The minimum absolute atomic E-state index is 0.127. The normalized spacial score (nSPS) is 31.4. The second-order valence-corrected chi connectivity index (χ2v) is 9.32. The van der Waals surface area contributed by atoms with Crippen LogP contribution in [0.2, 0.25) is 0 Å². The fraction of sp³-hybridized carbons (Fsp3) is 0.591. The molecule has 1 aromatic carbocycles. The van der Waals surface area contributed by atoms with Crippen LogP contribution in [0.1, 0.15) is 44.7 Å². The summed E-state index contributed by atoms with van der Waals surface area (Å²) in [6.07, 6.45) is 4.32. The van der Waals surface area contributed by atoms with Gasteiger partial charge < -0.3 is 5.32 Å². The van der Waals surface area contributed by atoms with Crippen molar-refractivity contribution in [2.24, 2.45) is 11.8 Å². The van der Waals surface area contributed by atoms with Gasteiger partial charge in [0, 0.05) is 23.3 Å². The molecule has 1 spiro atoms.